The molecule has 0 unspecified atom stereocenters. The number of hydrogen-bond acceptors (Lipinski definition) is 0. The van der Waals surface area contributed by atoms with E-state index in [1.807, 2.05) is 6.08 Å². The molecular weight excluding hydrogens is 156 g/mol. The average molecular weight is 174 g/mol. The van der Waals surface area contributed by atoms with Crippen LogP contribution in [0.3, 0.4) is 0 Å². The third-order valence-corrected chi connectivity index (χ3v) is 2.63. The lowest BCUT2D eigenvalue weighted by Gasteiger charge is -2.07. The Kier molecular flexibility index (Phi) is 3.30. The third kappa shape index (κ3) is 2.45. The first kappa shape index (κ1) is 10.0. The minimum Gasteiger partial charge on any atom is -0.0988 e. The van der Waals surface area contributed by atoms with Crippen LogP contribution in [0.15, 0.2) is 47.6 Å². The van der Waals surface area contributed by atoms with E-state index >= 15 is 0 Å². The first-order chi connectivity index (χ1) is 6.15. The van der Waals surface area contributed by atoms with Gasteiger partial charge in [0.15, 0.2) is 0 Å². The summed E-state index contributed by atoms with van der Waals surface area (Å²) < 4.78 is 0. The zero-order chi connectivity index (χ0) is 9.84. The highest BCUT2D eigenvalue weighted by Gasteiger charge is 2.07. The summed E-state index contributed by atoms with van der Waals surface area (Å²) in [6.07, 6.45) is 7.62. The molecule has 0 saturated heterocycles. The van der Waals surface area contributed by atoms with Gasteiger partial charge in [0.1, 0.15) is 0 Å². The molecule has 0 heteroatoms. The van der Waals surface area contributed by atoms with Crippen molar-refractivity contribution in [3.05, 3.63) is 47.6 Å². The van der Waals surface area contributed by atoms with Gasteiger partial charge in [0.05, 0.1) is 0 Å². The van der Waals surface area contributed by atoms with Gasteiger partial charge in [-0.2, -0.15) is 0 Å². The van der Waals surface area contributed by atoms with Crippen LogP contribution in [0.4, 0.5) is 0 Å². The van der Waals surface area contributed by atoms with Crippen molar-refractivity contribution in [2.45, 2.75) is 33.1 Å². The van der Waals surface area contributed by atoms with Crippen LogP contribution in [-0.2, 0) is 0 Å². The van der Waals surface area contributed by atoms with Crippen molar-refractivity contribution in [3.8, 4) is 0 Å². The van der Waals surface area contributed by atoms with Gasteiger partial charge in [0.2, 0.25) is 0 Å². The van der Waals surface area contributed by atoms with Crippen LogP contribution in [0.5, 0.6) is 0 Å². The zero-order valence-electron chi connectivity index (χ0n) is 8.69. The number of hydrogen-bond donors (Lipinski definition) is 0. The molecule has 0 aromatic carbocycles. The molecule has 0 N–H and O–H groups in total. The second-order valence-electron chi connectivity index (χ2n) is 3.73. The lowest BCUT2D eigenvalue weighted by atomic mass is 9.99. The molecule has 1 aliphatic rings. The van der Waals surface area contributed by atoms with Crippen molar-refractivity contribution in [2.24, 2.45) is 0 Å². The van der Waals surface area contributed by atoms with E-state index in [4.69, 9.17) is 0 Å². The van der Waals surface area contributed by atoms with Crippen LogP contribution in [-0.4, -0.2) is 0 Å². The molecule has 0 heterocycles. The van der Waals surface area contributed by atoms with Gasteiger partial charge < -0.3 is 0 Å². The van der Waals surface area contributed by atoms with Gasteiger partial charge in [-0.1, -0.05) is 36.5 Å². The minimum absolute atomic E-state index is 1.02. The van der Waals surface area contributed by atoms with Crippen molar-refractivity contribution < 1.29 is 0 Å². The molecule has 0 aromatic rings. The van der Waals surface area contributed by atoms with Crippen LogP contribution in [0, 0.1) is 0 Å². The predicted octanol–water partition coefficient (Wildman–Crippen LogP) is 4.18. The van der Waals surface area contributed by atoms with Gasteiger partial charge in [-0.15, -0.1) is 0 Å². The summed E-state index contributed by atoms with van der Waals surface area (Å²) in [5, 5.41) is 0. The lowest BCUT2D eigenvalue weighted by Crippen LogP contribution is -1.87. The quantitative estimate of drug-likeness (QED) is 0.589. The first-order valence-electron chi connectivity index (χ1n) is 4.81. The number of allylic oxidation sites excluding steroid dienone is 6. The molecule has 0 aromatic heterocycles. The van der Waals surface area contributed by atoms with E-state index in [0.29, 0.717) is 0 Å². The van der Waals surface area contributed by atoms with Gasteiger partial charge in [0.25, 0.3) is 0 Å². The molecular formula is C13H18. The Morgan fingerprint density at radius 3 is 2.77 bits per heavy atom. The van der Waals surface area contributed by atoms with Crippen LogP contribution in [0.25, 0.3) is 0 Å². The molecule has 0 atom stereocenters. The Labute approximate surface area is 81.4 Å². The molecule has 0 bridgehead atoms. The van der Waals surface area contributed by atoms with E-state index in [-0.39, 0.29) is 0 Å². The Bertz CT molecular complexity index is 287. The standard InChI is InChI=1S/C13H18/c1-5-12-9-13(10(2)3)8-6-7-11(12)4/h5,8H,1-2,6-7,9H2,3-4H3. The van der Waals surface area contributed by atoms with Crippen LogP contribution in [0.1, 0.15) is 33.1 Å². The van der Waals surface area contributed by atoms with E-state index < -0.39 is 0 Å². The summed E-state index contributed by atoms with van der Waals surface area (Å²) in [5.41, 5.74) is 5.43. The summed E-state index contributed by atoms with van der Waals surface area (Å²) >= 11 is 0. The fourth-order valence-corrected chi connectivity index (χ4v) is 1.62. The Morgan fingerprint density at radius 1 is 1.54 bits per heavy atom. The molecule has 13 heavy (non-hydrogen) atoms. The number of rotatable bonds is 2. The molecule has 70 valence electrons. The molecule has 1 aliphatic carbocycles. The van der Waals surface area contributed by atoms with Crippen LogP contribution < -0.4 is 0 Å². The predicted molar refractivity (Wildman–Crippen MR) is 59.6 cm³/mol. The van der Waals surface area contributed by atoms with Gasteiger partial charge in [-0.05, 0) is 44.3 Å². The average Bonchev–Trinajstić information content (AvgIpc) is 2.27. The van der Waals surface area contributed by atoms with E-state index in [0.717, 1.165) is 19.3 Å². The monoisotopic (exact) mass is 174 g/mol. The van der Waals surface area contributed by atoms with Crippen molar-refractivity contribution >= 4 is 0 Å². The second kappa shape index (κ2) is 4.27. The molecule has 0 spiro atoms. The van der Waals surface area contributed by atoms with Crippen molar-refractivity contribution in [1.82, 2.24) is 0 Å². The van der Waals surface area contributed by atoms with E-state index in [1.54, 1.807) is 0 Å². The smallest absolute Gasteiger partial charge is 0.00273 e. The molecule has 0 radical (unpaired) electrons. The van der Waals surface area contributed by atoms with E-state index in [2.05, 4.69) is 33.1 Å². The molecule has 0 nitrogen and oxygen atoms in total. The summed E-state index contributed by atoms with van der Waals surface area (Å²) in [7, 11) is 0. The maximum atomic E-state index is 3.99. The Balaban J connectivity index is 2.91. The fraction of sp³-hybridized carbons (Fsp3) is 0.385. The summed E-state index contributed by atoms with van der Waals surface area (Å²) in [6.45, 7) is 12.1. The first-order valence-corrected chi connectivity index (χ1v) is 4.81. The van der Waals surface area contributed by atoms with Gasteiger partial charge in [-0.25, -0.2) is 0 Å². The zero-order valence-corrected chi connectivity index (χ0v) is 8.69. The highest BCUT2D eigenvalue weighted by atomic mass is 14.1. The molecule has 1 rings (SSSR count). The Hall–Kier alpha value is -1.04. The van der Waals surface area contributed by atoms with Crippen molar-refractivity contribution in [1.29, 1.82) is 0 Å². The Morgan fingerprint density at radius 2 is 2.23 bits per heavy atom. The molecule has 0 aliphatic heterocycles. The molecule has 0 amide bonds. The third-order valence-electron chi connectivity index (χ3n) is 2.63. The molecule has 0 fully saturated rings. The minimum atomic E-state index is 1.02. The van der Waals surface area contributed by atoms with E-state index in [1.165, 1.54) is 22.3 Å². The van der Waals surface area contributed by atoms with Crippen LogP contribution in [0.2, 0.25) is 0 Å². The lowest BCUT2D eigenvalue weighted by molar-refractivity contribution is 0.974. The summed E-state index contributed by atoms with van der Waals surface area (Å²) in [6, 6.07) is 0. The molecule has 0 saturated carbocycles. The largest absolute Gasteiger partial charge is 0.0988 e. The second-order valence-corrected chi connectivity index (χ2v) is 3.73. The maximum absolute atomic E-state index is 3.99. The summed E-state index contributed by atoms with van der Waals surface area (Å²) in [4.78, 5) is 0. The SMILES string of the molecule is C=CC1=C(C)CCC=C(C(=C)C)C1. The topological polar surface area (TPSA) is 0 Å². The van der Waals surface area contributed by atoms with Gasteiger partial charge in [-0.3, -0.25) is 0 Å². The van der Waals surface area contributed by atoms with E-state index in [9.17, 15) is 0 Å². The maximum Gasteiger partial charge on any atom is -0.00273 e. The van der Waals surface area contributed by atoms with Crippen molar-refractivity contribution in [2.75, 3.05) is 0 Å². The summed E-state index contributed by atoms with van der Waals surface area (Å²) in [5.74, 6) is 0. The highest BCUT2D eigenvalue weighted by Crippen LogP contribution is 2.27. The normalized spacial score (nSPS) is 17.8. The highest BCUT2D eigenvalue weighted by molar-refractivity contribution is 5.38. The van der Waals surface area contributed by atoms with Gasteiger partial charge >= 0.3 is 0 Å². The van der Waals surface area contributed by atoms with Gasteiger partial charge in [0, 0.05) is 0 Å². The van der Waals surface area contributed by atoms with Crippen molar-refractivity contribution in [3.63, 3.8) is 0 Å². The fourth-order valence-electron chi connectivity index (χ4n) is 1.62. The van der Waals surface area contributed by atoms with Crippen LogP contribution >= 0.6 is 0 Å².